The van der Waals surface area contributed by atoms with Crippen molar-refractivity contribution in [2.45, 2.75) is 45.2 Å². The normalized spacial score (nSPS) is 31.2. The lowest BCUT2D eigenvalue weighted by Crippen LogP contribution is -2.38. The molecule has 5 atom stereocenters. The zero-order valence-corrected chi connectivity index (χ0v) is 17.6. The highest BCUT2D eigenvalue weighted by Crippen LogP contribution is 2.52. The molecule has 5 unspecified atom stereocenters. The van der Waals surface area contributed by atoms with Gasteiger partial charge in [0.05, 0.1) is 18.0 Å². The van der Waals surface area contributed by atoms with Crippen molar-refractivity contribution in [3.05, 3.63) is 58.2 Å². The average Bonchev–Trinajstić information content (AvgIpc) is 3.41. The van der Waals surface area contributed by atoms with E-state index in [1.165, 1.54) is 27.8 Å². The van der Waals surface area contributed by atoms with Crippen LogP contribution in [0.5, 0.6) is 0 Å². The highest BCUT2D eigenvalue weighted by Gasteiger charge is 2.54. The standard InChI is InChI=1S/C24H26N4O2/c1-12-9-25-10-19-16(12)6-14-7-21(29)28(22(14)19)11-20-18-8-17-13(2)26-5-4-15(17)23(18)27(3)24(20)30/h4-5,9-10,14,18,20,22-23H,6-8,11H2,1-3H3. The molecule has 0 bridgehead atoms. The quantitative estimate of drug-likeness (QED) is 0.774. The van der Waals surface area contributed by atoms with Gasteiger partial charge in [0.2, 0.25) is 11.8 Å². The largest absolute Gasteiger partial charge is 0.338 e. The highest BCUT2D eigenvalue weighted by atomic mass is 16.2. The summed E-state index contributed by atoms with van der Waals surface area (Å²) in [4.78, 5) is 39.0. The zero-order valence-electron chi connectivity index (χ0n) is 17.6. The van der Waals surface area contributed by atoms with Gasteiger partial charge < -0.3 is 9.80 Å². The molecule has 154 valence electrons. The second-order valence-electron chi connectivity index (χ2n) is 9.52. The molecule has 0 saturated carbocycles. The van der Waals surface area contributed by atoms with Gasteiger partial charge in [-0.05, 0) is 66.5 Å². The van der Waals surface area contributed by atoms with Gasteiger partial charge in [-0.1, -0.05) is 0 Å². The molecule has 0 aromatic carbocycles. The molecule has 0 spiro atoms. The van der Waals surface area contributed by atoms with Gasteiger partial charge in [-0.2, -0.15) is 0 Å². The van der Waals surface area contributed by atoms with Gasteiger partial charge in [-0.15, -0.1) is 0 Å². The zero-order chi connectivity index (χ0) is 20.7. The van der Waals surface area contributed by atoms with E-state index >= 15 is 0 Å². The first kappa shape index (κ1) is 18.0. The van der Waals surface area contributed by atoms with Crippen molar-refractivity contribution in [1.29, 1.82) is 0 Å². The van der Waals surface area contributed by atoms with Crippen molar-refractivity contribution in [3.8, 4) is 0 Å². The summed E-state index contributed by atoms with van der Waals surface area (Å²) < 4.78 is 0. The number of carbonyl (C=O) groups is 2. The maximum absolute atomic E-state index is 13.3. The Labute approximate surface area is 176 Å². The summed E-state index contributed by atoms with van der Waals surface area (Å²) >= 11 is 0. The lowest BCUT2D eigenvalue weighted by Gasteiger charge is -2.29. The summed E-state index contributed by atoms with van der Waals surface area (Å²) in [5.41, 5.74) is 7.33. The van der Waals surface area contributed by atoms with E-state index in [4.69, 9.17) is 0 Å². The Hall–Kier alpha value is -2.76. The molecule has 6 nitrogen and oxygen atoms in total. The molecule has 2 fully saturated rings. The van der Waals surface area contributed by atoms with Crippen LogP contribution in [-0.4, -0.2) is 45.2 Å². The Balaban J connectivity index is 1.34. The molecule has 0 N–H and O–H groups in total. The predicted molar refractivity (Wildman–Crippen MR) is 110 cm³/mol. The van der Waals surface area contributed by atoms with Crippen molar-refractivity contribution in [2.75, 3.05) is 13.6 Å². The van der Waals surface area contributed by atoms with Gasteiger partial charge in [-0.3, -0.25) is 19.6 Å². The summed E-state index contributed by atoms with van der Waals surface area (Å²) in [5.74, 6) is 0.721. The summed E-state index contributed by atoms with van der Waals surface area (Å²) in [6.07, 6.45) is 8.09. The van der Waals surface area contributed by atoms with Gasteiger partial charge in [-0.25, -0.2) is 0 Å². The molecule has 2 saturated heterocycles. The van der Waals surface area contributed by atoms with Crippen LogP contribution in [-0.2, 0) is 22.4 Å². The van der Waals surface area contributed by atoms with Gasteiger partial charge in [0, 0.05) is 50.2 Å². The molecular weight excluding hydrogens is 376 g/mol. The van der Waals surface area contributed by atoms with Crippen LogP contribution in [0.2, 0.25) is 0 Å². The second kappa shape index (κ2) is 6.13. The molecule has 2 aromatic heterocycles. The fraction of sp³-hybridized carbons (Fsp3) is 0.500. The van der Waals surface area contributed by atoms with Crippen LogP contribution in [0.3, 0.4) is 0 Å². The van der Waals surface area contributed by atoms with Crippen LogP contribution in [0.1, 0.15) is 52.0 Å². The molecule has 4 heterocycles. The molecule has 4 aliphatic rings. The van der Waals surface area contributed by atoms with E-state index in [1.54, 1.807) is 0 Å². The topological polar surface area (TPSA) is 66.4 Å². The number of hydrogen-bond donors (Lipinski definition) is 0. The smallest absolute Gasteiger partial charge is 0.228 e. The Morgan fingerprint density at radius 2 is 1.87 bits per heavy atom. The number of fused-ring (bicyclic) bond motifs is 6. The third-order valence-electron chi connectivity index (χ3n) is 8.09. The number of aromatic nitrogens is 2. The van der Waals surface area contributed by atoms with E-state index < -0.39 is 0 Å². The second-order valence-corrected chi connectivity index (χ2v) is 9.52. The first-order valence-corrected chi connectivity index (χ1v) is 10.9. The Kier molecular flexibility index (Phi) is 3.68. The summed E-state index contributed by atoms with van der Waals surface area (Å²) in [7, 11) is 1.91. The van der Waals surface area contributed by atoms with Crippen molar-refractivity contribution in [3.63, 3.8) is 0 Å². The summed E-state index contributed by atoms with van der Waals surface area (Å²) in [6, 6.07) is 2.24. The van der Waals surface area contributed by atoms with Crippen molar-refractivity contribution in [1.82, 2.24) is 19.8 Å². The van der Waals surface area contributed by atoms with Crippen molar-refractivity contribution < 1.29 is 9.59 Å². The van der Waals surface area contributed by atoms with Crippen LogP contribution in [0.15, 0.2) is 24.7 Å². The van der Waals surface area contributed by atoms with E-state index in [1.807, 2.05) is 35.4 Å². The van der Waals surface area contributed by atoms with Crippen LogP contribution < -0.4 is 0 Å². The number of amides is 2. The van der Waals surface area contributed by atoms with E-state index in [-0.39, 0.29) is 35.7 Å². The molecule has 2 aromatic rings. The summed E-state index contributed by atoms with van der Waals surface area (Å²) in [5, 5.41) is 0. The van der Waals surface area contributed by atoms with E-state index in [2.05, 4.69) is 29.9 Å². The van der Waals surface area contributed by atoms with Crippen LogP contribution in [0, 0.1) is 31.6 Å². The minimum Gasteiger partial charge on any atom is -0.338 e. The fourth-order valence-electron chi connectivity index (χ4n) is 6.70. The minimum absolute atomic E-state index is 0.0734. The van der Waals surface area contributed by atoms with E-state index in [0.717, 1.165) is 18.5 Å². The average molecular weight is 402 g/mol. The van der Waals surface area contributed by atoms with E-state index in [9.17, 15) is 9.59 Å². The van der Waals surface area contributed by atoms with Gasteiger partial charge in [0.1, 0.15) is 0 Å². The maximum atomic E-state index is 13.3. The van der Waals surface area contributed by atoms with Gasteiger partial charge in [0.25, 0.3) is 0 Å². The lowest BCUT2D eigenvalue weighted by atomic mass is 9.89. The highest BCUT2D eigenvalue weighted by molar-refractivity contribution is 5.85. The molecule has 6 rings (SSSR count). The lowest BCUT2D eigenvalue weighted by molar-refractivity contribution is -0.134. The molecule has 30 heavy (non-hydrogen) atoms. The molecule has 2 aliphatic carbocycles. The van der Waals surface area contributed by atoms with Crippen LogP contribution in [0.4, 0.5) is 0 Å². The predicted octanol–water partition coefficient (Wildman–Crippen LogP) is 2.54. The third-order valence-corrected chi connectivity index (χ3v) is 8.09. The van der Waals surface area contributed by atoms with Crippen LogP contribution in [0.25, 0.3) is 0 Å². The Bertz CT molecular complexity index is 1100. The van der Waals surface area contributed by atoms with Crippen LogP contribution >= 0.6 is 0 Å². The molecular formula is C24H26N4O2. The number of pyridine rings is 2. The molecule has 2 aliphatic heterocycles. The number of hydrogen-bond acceptors (Lipinski definition) is 4. The minimum atomic E-state index is -0.156. The Morgan fingerprint density at radius 1 is 1.03 bits per heavy atom. The fourth-order valence-corrected chi connectivity index (χ4v) is 6.70. The number of aryl methyl sites for hydroxylation is 2. The third kappa shape index (κ3) is 2.25. The van der Waals surface area contributed by atoms with Gasteiger partial charge >= 0.3 is 0 Å². The summed E-state index contributed by atoms with van der Waals surface area (Å²) in [6.45, 7) is 4.67. The number of nitrogens with zero attached hydrogens (tertiary/aromatic N) is 4. The first-order chi connectivity index (χ1) is 14.5. The van der Waals surface area contributed by atoms with Crippen molar-refractivity contribution in [2.24, 2.45) is 17.8 Å². The first-order valence-electron chi connectivity index (χ1n) is 10.9. The van der Waals surface area contributed by atoms with Crippen molar-refractivity contribution >= 4 is 11.8 Å². The number of carbonyl (C=O) groups excluding carboxylic acids is 2. The molecule has 6 heteroatoms. The maximum Gasteiger partial charge on any atom is 0.228 e. The molecule has 0 radical (unpaired) electrons. The number of rotatable bonds is 2. The SMILES string of the molecule is Cc1cncc2c1CC1CC(=O)N(CC3C(=O)N(C)C4c5ccnc(C)c5CC34)C21. The van der Waals surface area contributed by atoms with E-state index in [0.29, 0.717) is 18.9 Å². The Morgan fingerprint density at radius 3 is 2.70 bits per heavy atom. The molecule has 2 amide bonds. The van der Waals surface area contributed by atoms with Gasteiger partial charge in [0.15, 0.2) is 0 Å². The number of likely N-dealkylation sites (tertiary alicyclic amines) is 2. The monoisotopic (exact) mass is 402 g/mol.